The predicted molar refractivity (Wildman–Crippen MR) is 90.4 cm³/mol. The topological polar surface area (TPSA) is 50.3 Å². The molecule has 116 valence electrons. The van der Waals surface area contributed by atoms with Crippen molar-refractivity contribution in [3.8, 4) is 10.4 Å². The molecular weight excluding hydrogens is 328 g/mol. The number of hydrogen-bond donors (Lipinski definition) is 0. The Bertz CT molecular complexity index is 933. The summed E-state index contributed by atoms with van der Waals surface area (Å²) in [4.78, 5) is 1.54. The number of benzene rings is 2. The Kier molecular flexibility index (Phi) is 3.52. The quantitative estimate of drug-likeness (QED) is 0.732. The minimum Gasteiger partial charge on any atom is -0.207 e. The SMILES string of the molecule is O=S1(=O)c2ccccc2CN1Cc1ccc(-c2ccns2)cc1. The van der Waals surface area contributed by atoms with Gasteiger partial charge in [-0.05, 0) is 40.4 Å². The summed E-state index contributed by atoms with van der Waals surface area (Å²) in [5.41, 5.74) is 2.95. The Hall–Kier alpha value is -2.02. The van der Waals surface area contributed by atoms with Gasteiger partial charge in [0.05, 0.1) is 9.77 Å². The number of fused-ring (bicyclic) bond motifs is 1. The molecule has 0 spiro atoms. The Balaban J connectivity index is 1.58. The van der Waals surface area contributed by atoms with Crippen LogP contribution in [0.2, 0.25) is 0 Å². The molecule has 0 unspecified atom stereocenters. The summed E-state index contributed by atoms with van der Waals surface area (Å²) in [5.74, 6) is 0. The van der Waals surface area contributed by atoms with E-state index in [-0.39, 0.29) is 0 Å². The van der Waals surface area contributed by atoms with Gasteiger partial charge in [0.25, 0.3) is 0 Å². The molecule has 0 amide bonds. The molecule has 0 atom stereocenters. The third-order valence-corrected chi connectivity index (χ3v) is 6.66. The molecule has 0 saturated carbocycles. The summed E-state index contributed by atoms with van der Waals surface area (Å²) < 4.78 is 30.8. The maximum absolute atomic E-state index is 12.6. The standard InChI is InChI=1S/C17H14N2O2S2/c20-23(21)17-4-2-1-3-15(17)12-19(23)11-13-5-7-14(8-6-13)16-9-10-18-22-16/h1-10H,11-12H2. The van der Waals surface area contributed by atoms with Crippen LogP contribution in [0.3, 0.4) is 0 Å². The van der Waals surface area contributed by atoms with Crippen molar-refractivity contribution in [2.45, 2.75) is 18.0 Å². The van der Waals surface area contributed by atoms with Gasteiger partial charge in [0.2, 0.25) is 10.0 Å². The van der Waals surface area contributed by atoms with Crippen molar-refractivity contribution in [3.05, 3.63) is 71.9 Å². The van der Waals surface area contributed by atoms with E-state index in [4.69, 9.17) is 0 Å². The van der Waals surface area contributed by atoms with Gasteiger partial charge < -0.3 is 0 Å². The van der Waals surface area contributed by atoms with Crippen molar-refractivity contribution < 1.29 is 8.42 Å². The number of hydrogen-bond acceptors (Lipinski definition) is 4. The van der Waals surface area contributed by atoms with Gasteiger partial charge in [-0.15, -0.1) is 0 Å². The van der Waals surface area contributed by atoms with Gasteiger partial charge in [-0.2, -0.15) is 4.31 Å². The van der Waals surface area contributed by atoms with Gasteiger partial charge in [0.1, 0.15) is 0 Å². The second-order valence-corrected chi connectivity index (χ2v) is 8.19. The minimum absolute atomic E-state index is 0.389. The van der Waals surface area contributed by atoms with E-state index in [1.807, 2.05) is 42.5 Å². The van der Waals surface area contributed by atoms with Gasteiger partial charge in [-0.1, -0.05) is 42.5 Å². The van der Waals surface area contributed by atoms with E-state index in [2.05, 4.69) is 4.37 Å². The molecule has 6 heteroatoms. The van der Waals surface area contributed by atoms with Crippen LogP contribution in [0.25, 0.3) is 10.4 Å². The van der Waals surface area contributed by atoms with Crippen LogP contribution in [0.4, 0.5) is 0 Å². The van der Waals surface area contributed by atoms with E-state index in [1.165, 1.54) is 15.8 Å². The summed E-state index contributed by atoms with van der Waals surface area (Å²) >= 11 is 1.45. The molecule has 2 heterocycles. The van der Waals surface area contributed by atoms with Crippen molar-refractivity contribution in [3.63, 3.8) is 0 Å². The first-order chi connectivity index (χ1) is 11.1. The summed E-state index contributed by atoms with van der Waals surface area (Å²) in [6.45, 7) is 0.828. The highest BCUT2D eigenvalue weighted by Crippen LogP contribution is 2.31. The fraction of sp³-hybridized carbons (Fsp3) is 0.118. The van der Waals surface area contributed by atoms with E-state index in [0.29, 0.717) is 18.0 Å². The number of rotatable bonds is 3. The molecule has 0 bridgehead atoms. The average Bonchev–Trinajstić information content (AvgIpc) is 3.17. The van der Waals surface area contributed by atoms with Crippen LogP contribution in [0.15, 0.2) is 65.7 Å². The first-order valence-corrected chi connectivity index (χ1v) is 9.44. The van der Waals surface area contributed by atoms with Crippen molar-refractivity contribution in [2.24, 2.45) is 0 Å². The highest BCUT2D eigenvalue weighted by Gasteiger charge is 2.33. The van der Waals surface area contributed by atoms with Crippen molar-refractivity contribution >= 4 is 21.6 Å². The van der Waals surface area contributed by atoms with Crippen LogP contribution in [-0.2, 0) is 23.1 Å². The zero-order valence-corrected chi connectivity index (χ0v) is 13.8. The lowest BCUT2D eigenvalue weighted by atomic mass is 10.1. The largest absolute Gasteiger partial charge is 0.244 e. The van der Waals surface area contributed by atoms with E-state index in [0.717, 1.165) is 21.6 Å². The molecular formula is C17H14N2O2S2. The Labute approximate surface area is 139 Å². The molecule has 0 saturated heterocycles. The summed E-state index contributed by atoms with van der Waals surface area (Å²) in [6, 6.07) is 17.2. The number of nitrogens with zero attached hydrogens (tertiary/aromatic N) is 2. The van der Waals surface area contributed by atoms with E-state index in [1.54, 1.807) is 18.3 Å². The van der Waals surface area contributed by atoms with Crippen LogP contribution >= 0.6 is 11.5 Å². The summed E-state index contributed by atoms with van der Waals surface area (Å²) in [5, 5.41) is 0. The molecule has 0 fully saturated rings. The highest BCUT2D eigenvalue weighted by atomic mass is 32.2. The molecule has 0 radical (unpaired) electrons. The Morgan fingerprint density at radius 1 is 1.04 bits per heavy atom. The molecule has 4 nitrogen and oxygen atoms in total. The molecule has 1 aromatic heterocycles. The third kappa shape index (κ3) is 2.59. The predicted octanol–water partition coefficient (Wildman–Crippen LogP) is 3.51. The van der Waals surface area contributed by atoms with E-state index in [9.17, 15) is 8.42 Å². The zero-order chi connectivity index (χ0) is 15.9. The molecule has 2 aromatic carbocycles. The maximum atomic E-state index is 12.6. The van der Waals surface area contributed by atoms with Crippen molar-refractivity contribution in [2.75, 3.05) is 0 Å². The molecule has 4 rings (SSSR count). The molecule has 1 aliphatic rings. The smallest absolute Gasteiger partial charge is 0.207 e. The normalized spacial score (nSPS) is 16.3. The van der Waals surface area contributed by atoms with Crippen LogP contribution < -0.4 is 0 Å². The average molecular weight is 342 g/mol. The highest BCUT2D eigenvalue weighted by molar-refractivity contribution is 7.89. The first-order valence-electron chi connectivity index (χ1n) is 7.23. The second kappa shape index (κ2) is 5.56. The lowest BCUT2D eigenvalue weighted by molar-refractivity contribution is 0.420. The Morgan fingerprint density at radius 2 is 1.83 bits per heavy atom. The van der Waals surface area contributed by atoms with Crippen LogP contribution in [0, 0.1) is 0 Å². The minimum atomic E-state index is -3.37. The number of sulfonamides is 1. The first kappa shape index (κ1) is 14.6. The summed E-state index contributed by atoms with van der Waals surface area (Å²) in [7, 11) is -3.37. The van der Waals surface area contributed by atoms with Crippen molar-refractivity contribution in [1.82, 2.24) is 8.68 Å². The Morgan fingerprint density at radius 3 is 2.52 bits per heavy atom. The van der Waals surface area contributed by atoms with E-state index < -0.39 is 10.0 Å². The van der Waals surface area contributed by atoms with Gasteiger partial charge >= 0.3 is 0 Å². The van der Waals surface area contributed by atoms with Gasteiger partial charge in [-0.3, -0.25) is 0 Å². The van der Waals surface area contributed by atoms with Gasteiger partial charge in [0.15, 0.2) is 0 Å². The molecule has 0 aliphatic carbocycles. The monoisotopic (exact) mass is 342 g/mol. The summed E-state index contributed by atoms with van der Waals surface area (Å²) in [6.07, 6.45) is 1.78. The lowest BCUT2D eigenvalue weighted by Crippen LogP contribution is -2.23. The molecule has 23 heavy (non-hydrogen) atoms. The van der Waals surface area contributed by atoms with Crippen LogP contribution in [0.5, 0.6) is 0 Å². The molecule has 0 N–H and O–H groups in total. The lowest BCUT2D eigenvalue weighted by Gasteiger charge is -2.14. The second-order valence-electron chi connectivity index (χ2n) is 5.45. The zero-order valence-electron chi connectivity index (χ0n) is 12.2. The fourth-order valence-electron chi connectivity index (χ4n) is 2.78. The maximum Gasteiger partial charge on any atom is 0.244 e. The van der Waals surface area contributed by atoms with E-state index >= 15 is 0 Å². The fourth-order valence-corrected chi connectivity index (χ4v) is 5.00. The van der Waals surface area contributed by atoms with Gasteiger partial charge in [0, 0.05) is 19.3 Å². The molecule has 3 aromatic rings. The third-order valence-electron chi connectivity index (χ3n) is 3.97. The van der Waals surface area contributed by atoms with Crippen LogP contribution in [0.1, 0.15) is 11.1 Å². The molecule has 1 aliphatic heterocycles. The van der Waals surface area contributed by atoms with Gasteiger partial charge in [-0.25, -0.2) is 12.8 Å². The van der Waals surface area contributed by atoms with Crippen molar-refractivity contribution in [1.29, 1.82) is 0 Å². The van der Waals surface area contributed by atoms with Crippen LogP contribution in [-0.4, -0.2) is 17.1 Å². The number of aromatic nitrogens is 1.